The molecule has 1 saturated heterocycles. The monoisotopic (exact) mass is 359 g/mol. The van der Waals surface area contributed by atoms with Crippen LogP contribution in [0, 0.1) is 12.8 Å². The van der Waals surface area contributed by atoms with Gasteiger partial charge >= 0.3 is 0 Å². The van der Waals surface area contributed by atoms with Gasteiger partial charge in [0.2, 0.25) is 5.91 Å². The van der Waals surface area contributed by atoms with Crippen LogP contribution in [-0.4, -0.2) is 43.0 Å². The highest BCUT2D eigenvalue weighted by atomic mass is 35.5. The van der Waals surface area contributed by atoms with Crippen molar-refractivity contribution in [3.8, 4) is 0 Å². The van der Waals surface area contributed by atoms with Crippen LogP contribution < -0.4 is 10.6 Å². The fourth-order valence-electron chi connectivity index (χ4n) is 3.54. The Morgan fingerprint density at radius 2 is 1.83 bits per heavy atom. The van der Waals surface area contributed by atoms with Crippen molar-refractivity contribution in [3.05, 3.63) is 29.8 Å². The van der Waals surface area contributed by atoms with E-state index in [1.54, 1.807) is 0 Å². The third kappa shape index (κ3) is 4.52. The van der Waals surface area contributed by atoms with Gasteiger partial charge in [0.1, 0.15) is 0 Å². The molecule has 1 amide bonds. The molecule has 1 aromatic carbocycles. The lowest BCUT2D eigenvalue weighted by Crippen LogP contribution is -2.52. The van der Waals surface area contributed by atoms with Crippen LogP contribution in [0.25, 0.3) is 0 Å². The van der Waals surface area contributed by atoms with E-state index in [2.05, 4.69) is 36.1 Å². The van der Waals surface area contributed by atoms with Crippen molar-refractivity contribution in [2.45, 2.75) is 32.2 Å². The second-order valence-corrected chi connectivity index (χ2v) is 6.35. The normalized spacial score (nSPS) is 23.9. The summed E-state index contributed by atoms with van der Waals surface area (Å²) in [6, 6.07) is 8.65. The summed E-state index contributed by atoms with van der Waals surface area (Å²) in [6.45, 7) is 5.57. The maximum absolute atomic E-state index is 12.5. The molecule has 0 spiro atoms. The van der Waals surface area contributed by atoms with Gasteiger partial charge in [-0.25, -0.2) is 0 Å². The van der Waals surface area contributed by atoms with Crippen LogP contribution in [-0.2, 0) is 4.79 Å². The number of hydrogen-bond donors (Lipinski definition) is 1. The number of amides is 1. The first-order valence-electron chi connectivity index (χ1n) is 8.01. The SMILES string of the molecule is Cc1cccc(N2CCN(C(=O)C3CCCC3N)CC2)c1.Cl.Cl. The Kier molecular flexibility index (Phi) is 7.65. The number of halogens is 2. The molecule has 2 unspecified atom stereocenters. The van der Waals surface area contributed by atoms with Gasteiger partial charge in [-0.3, -0.25) is 4.79 Å². The van der Waals surface area contributed by atoms with E-state index in [1.807, 2.05) is 4.90 Å². The number of anilines is 1. The lowest BCUT2D eigenvalue weighted by Gasteiger charge is -2.37. The molecule has 1 aromatic rings. The molecular weight excluding hydrogens is 333 g/mol. The summed E-state index contributed by atoms with van der Waals surface area (Å²) in [5.41, 5.74) is 8.61. The van der Waals surface area contributed by atoms with E-state index in [-0.39, 0.29) is 42.7 Å². The quantitative estimate of drug-likeness (QED) is 0.882. The second kappa shape index (κ2) is 8.76. The van der Waals surface area contributed by atoms with E-state index in [0.29, 0.717) is 0 Å². The summed E-state index contributed by atoms with van der Waals surface area (Å²) in [5, 5.41) is 0. The molecule has 1 aliphatic carbocycles. The van der Waals surface area contributed by atoms with Crippen LogP contribution in [0.1, 0.15) is 24.8 Å². The third-order valence-electron chi connectivity index (χ3n) is 4.84. The van der Waals surface area contributed by atoms with E-state index in [9.17, 15) is 4.79 Å². The van der Waals surface area contributed by atoms with Crippen LogP contribution in [0.4, 0.5) is 5.69 Å². The zero-order valence-electron chi connectivity index (χ0n) is 13.6. The molecule has 0 bridgehead atoms. The summed E-state index contributed by atoms with van der Waals surface area (Å²) in [7, 11) is 0. The highest BCUT2D eigenvalue weighted by molar-refractivity contribution is 5.85. The minimum atomic E-state index is 0. The van der Waals surface area contributed by atoms with Crippen molar-refractivity contribution in [3.63, 3.8) is 0 Å². The zero-order valence-corrected chi connectivity index (χ0v) is 15.2. The second-order valence-electron chi connectivity index (χ2n) is 6.35. The van der Waals surface area contributed by atoms with E-state index < -0.39 is 0 Å². The molecule has 1 heterocycles. The Bertz CT molecular complexity index is 518. The van der Waals surface area contributed by atoms with Crippen LogP contribution in [0.2, 0.25) is 0 Å². The summed E-state index contributed by atoms with van der Waals surface area (Å²) >= 11 is 0. The number of aryl methyl sites for hydroxylation is 1. The summed E-state index contributed by atoms with van der Waals surface area (Å²) < 4.78 is 0. The molecule has 4 nitrogen and oxygen atoms in total. The lowest BCUT2D eigenvalue weighted by atomic mass is 10.0. The lowest BCUT2D eigenvalue weighted by molar-refractivity contribution is -0.136. The molecule has 1 saturated carbocycles. The van der Waals surface area contributed by atoms with E-state index in [0.717, 1.165) is 45.4 Å². The fraction of sp³-hybridized carbons (Fsp3) is 0.588. The third-order valence-corrected chi connectivity index (χ3v) is 4.84. The molecule has 0 aromatic heterocycles. The van der Waals surface area contributed by atoms with Gasteiger partial charge in [0.25, 0.3) is 0 Å². The summed E-state index contributed by atoms with van der Waals surface area (Å²) in [5.74, 6) is 0.347. The average molecular weight is 360 g/mol. The van der Waals surface area contributed by atoms with Crippen molar-refractivity contribution in [2.75, 3.05) is 31.1 Å². The highest BCUT2D eigenvalue weighted by Crippen LogP contribution is 2.27. The fourth-order valence-corrected chi connectivity index (χ4v) is 3.54. The minimum Gasteiger partial charge on any atom is -0.368 e. The van der Waals surface area contributed by atoms with E-state index in [1.165, 1.54) is 11.3 Å². The minimum absolute atomic E-state index is 0. The van der Waals surface area contributed by atoms with Crippen molar-refractivity contribution in [1.82, 2.24) is 4.90 Å². The number of carbonyl (C=O) groups excluding carboxylic acids is 1. The van der Waals surface area contributed by atoms with Crippen molar-refractivity contribution >= 4 is 36.4 Å². The smallest absolute Gasteiger partial charge is 0.227 e. The van der Waals surface area contributed by atoms with Crippen LogP contribution in [0.5, 0.6) is 0 Å². The molecule has 2 N–H and O–H groups in total. The number of hydrogen-bond acceptors (Lipinski definition) is 3. The number of piperazine rings is 1. The predicted octanol–water partition coefficient (Wildman–Crippen LogP) is 2.61. The Morgan fingerprint density at radius 3 is 2.39 bits per heavy atom. The standard InChI is InChI=1S/C17H25N3O.2ClH/c1-13-4-2-5-14(12-13)19-8-10-20(11-9-19)17(21)15-6-3-7-16(15)18;;/h2,4-5,12,15-16H,3,6-11,18H2,1H3;2*1H. The maximum Gasteiger partial charge on any atom is 0.227 e. The van der Waals surface area contributed by atoms with Gasteiger partial charge < -0.3 is 15.5 Å². The number of nitrogens with zero attached hydrogens (tertiary/aromatic N) is 2. The van der Waals surface area contributed by atoms with E-state index in [4.69, 9.17) is 5.73 Å². The Hall–Kier alpha value is -0.970. The molecule has 2 atom stereocenters. The van der Waals surface area contributed by atoms with Gasteiger partial charge in [-0.2, -0.15) is 0 Å². The van der Waals surface area contributed by atoms with Gasteiger partial charge in [0.05, 0.1) is 5.92 Å². The molecule has 2 fully saturated rings. The Labute approximate surface area is 151 Å². The molecule has 3 rings (SSSR count). The van der Waals surface area contributed by atoms with Gasteiger partial charge in [-0.15, -0.1) is 24.8 Å². The number of carbonyl (C=O) groups is 1. The van der Waals surface area contributed by atoms with Gasteiger partial charge in [-0.05, 0) is 37.5 Å². The van der Waals surface area contributed by atoms with Crippen LogP contribution in [0.3, 0.4) is 0 Å². The Balaban J connectivity index is 0.00000132. The number of nitrogens with two attached hydrogens (primary N) is 1. The van der Waals surface area contributed by atoms with Crippen molar-refractivity contribution < 1.29 is 4.79 Å². The molecule has 130 valence electrons. The van der Waals surface area contributed by atoms with Gasteiger partial charge in [0, 0.05) is 37.9 Å². The molecule has 23 heavy (non-hydrogen) atoms. The summed E-state index contributed by atoms with van der Waals surface area (Å²) in [4.78, 5) is 16.9. The first-order chi connectivity index (χ1) is 10.1. The van der Waals surface area contributed by atoms with E-state index >= 15 is 0 Å². The molecule has 1 aliphatic heterocycles. The maximum atomic E-state index is 12.5. The first-order valence-corrected chi connectivity index (χ1v) is 8.01. The summed E-state index contributed by atoms with van der Waals surface area (Å²) in [6.07, 6.45) is 3.07. The first kappa shape index (κ1) is 20.1. The zero-order chi connectivity index (χ0) is 14.8. The van der Waals surface area contributed by atoms with Gasteiger partial charge in [-0.1, -0.05) is 18.6 Å². The molecular formula is C17H27Cl2N3O. The van der Waals surface area contributed by atoms with Crippen molar-refractivity contribution in [1.29, 1.82) is 0 Å². The molecule has 2 aliphatic rings. The van der Waals surface area contributed by atoms with Gasteiger partial charge in [0.15, 0.2) is 0 Å². The number of rotatable bonds is 2. The number of benzene rings is 1. The Morgan fingerprint density at radius 1 is 1.13 bits per heavy atom. The molecule has 0 radical (unpaired) electrons. The molecule has 6 heteroatoms. The van der Waals surface area contributed by atoms with Crippen LogP contribution in [0.15, 0.2) is 24.3 Å². The largest absolute Gasteiger partial charge is 0.368 e. The average Bonchev–Trinajstić information content (AvgIpc) is 2.93. The predicted molar refractivity (Wildman–Crippen MR) is 99.8 cm³/mol. The highest BCUT2D eigenvalue weighted by Gasteiger charge is 2.34. The van der Waals surface area contributed by atoms with Crippen LogP contribution >= 0.6 is 24.8 Å². The van der Waals surface area contributed by atoms with Crippen molar-refractivity contribution in [2.24, 2.45) is 11.7 Å². The topological polar surface area (TPSA) is 49.6 Å².